The number of thioether (sulfide) groups is 2. The molecule has 3 rings (SSSR count). The van der Waals surface area contributed by atoms with Crippen LogP contribution in [0.5, 0.6) is 0 Å². The number of nitrogens with zero attached hydrogens (tertiary/aromatic N) is 3. The van der Waals surface area contributed by atoms with Crippen LogP contribution in [0.15, 0.2) is 41.6 Å². The average Bonchev–Trinajstić information content (AvgIpc) is 3.00. The molecule has 1 atom stereocenters. The topological polar surface area (TPSA) is 92.3 Å². The standard InChI is InChI=1S/C19H20N4O3S2/c1-12-10-15(14-6-4-3-5-7-14)22-18(21-12)28-13(2)17(25)20-8-9-23-16(24)11-27-19(23)26/h3-7,10,13H,8-9,11H2,1-2H3,(H,20,25)/t13-/m0/s1. The number of amides is 3. The average molecular weight is 417 g/mol. The van der Waals surface area contributed by atoms with E-state index in [4.69, 9.17) is 0 Å². The summed E-state index contributed by atoms with van der Waals surface area (Å²) in [5, 5.41) is 2.62. The molecule has 1 aromatic carbocycles. The molecule has 0 spiro atoms. The zero-order valence-electron chi connectivity index (χ0n) is 15.5. The third kappa shape index (κ3) is 5.11. The molecular formula is C19H20N4O3S2. The van der Waals surface area contributed by atoms with Crippen molar-refractivity contribution in [1.82, 2.24) is 20.2 Å². The molecule has 2 aromatic rings. The van der Waals surface area contributed by atoms with Crippen LogP contribution in [0, 0.1) is 6.92 Å². The van der Waals surface area contributed by atoms with Crippen LogP contribution in [-0.2, 0) is 9.59 Å². The van der Waals surface area contributed by atoms with Gasteiger partial charge in [0.2, 0.25) is 11.8 Å². The molecule has 7 nitrogen and oxygen atoms in total. The lowest BCUT2D eigenvalue weighted by Crippen LogP contribution is -2.39. The van der Waals surface area contributed by atoms with Crippen molar-refractivity contribution in [3.8, 4) is 11.3 Å². The van der Waals surface area contributed by atoms with Gasteiger partial charge >= 0.3 is 0 Å². The van der Waals surface area contributed by atoms with Gasteiger partial charge < -0.3 is 5.32 Å². The Kier molecular flexibility index (Phi) is 6.69. The van der Waals surface area contributed by atoms with Crippen LogP contribution in [0.2, 0.25) is 0 Å². The Morgan fingerprint density at radius 1 is 1.29 bits per heavy atom. The molecule has 28 heavy (non-hydrogen) atoms. The number of carbonyl (C=O) groups excluding carboxylic acids is 3. The van der Waals surface area contributed by atoms with Crippen LogP contribution in [0.4, 0.5) is 4.79 Å². The van der Waals surface area contributed by atoms with Crippen molar-refractivity contribution in [3.05, 3.63) is 42.1 Å². The maximum atomic E-state index is 12.3. The minimum Gasteiger partial charge on any atom is -0.353 e. The molecule has 9 heteroatoms. The van der Waals surface area contributed by atoms with E-state index < -0.39 is 5.25 Å². The van der Waals surface area contributed by atoms with E-state index >= 15 is 0 Å². The summed E-state index contributed by atoms with van der Waals surface area (Å²) in [5.74, 6) is -0.232. The van der Waals surface area contributed by atoms with Crippen molar-refractivity contribution in [3.63, 3.8) is 0 Å². The Morgan fingerprint density at radius 2 is 2.04 bits per heavy atom. The van der Waals surface area contributed by atoms with E-state index in [1.54, 1.807) is 6.92 Å². The van der Waals surface area contributed by atoms with Gasteiger partial charge in [-0.15, -0.1) is 0 Å². The minimum atomic E-state index is -0.412. The van der Waals surface area contributed by atoms with Crippen LogP contribution >= 0.6 is 23.5 Å². The van der Waals surface area contributed by atoms with Crippen LogP contribution in [-0.4, -0.2) is 56.0 Å². The van der Waals surface area contributed by atoms with E-state index in [1.807, 2.05) is 43.3 Å². The third-order valence-electron chi connectivity index (χ3n) is 4.03. The summed E-state index contributed by atoms with van der Waals surface area (Å²) in [5.41, 5.74) is 2.63. The number of nitrogens with one attached hydrogen (secondary N) is 1. The van der Waals surface area contributed by atoms with Crippen molar-refractivity contribution < 1.29 is 14.4 Å². The molecule has 1 saturated heterocycles. The normalized spacial score (nSPS) is 15.0. The highest BCUT2D eigenvalue weighted by molar-refractivity contribution is 8.14. The maximum Gasteiger partial charge on any atom is 0.288 e. The van der Waals surface area contributed by atoms with Crippen molar-refractivity contribution >= 4 is 40.6 Å². The predicted molar refractivity (Wildman–Crippen MR) is 110 cm³/mol. The Morgan fingerprint density at radius 3 is 2.71 bits per heavy atom. The molecule has 1 aliphatic rings. The van der Waals surface area contributed by atoms with Crippen LogP contribution in [0.1, 0.15) is 12.6 Å². The second-order valence-corrected chi connectivity index (χ2v) is 8.43. The third-order valence-corrected chi connectivity index (χ3v) is 5.85. The predicted octanol–water partition coefficient (Wildman–Crippen LogP) is 2.74. The molecule has 1 aromatic heterocycles. The van der Waals surface area contributed by atoms with Gasteiger partial charge in [-0.05, 0) is 19.9 Å². The van der Waals surface area contributed by atoms with Gasteiger partial charge in [0, 0.05) is 24.3 Å². The SMILES string of the molecule is Cc1cc(-c2ccccc2)nc(S[C@@H](C)C(=O)NCCN2C(=O)CSC2=O)n1. The summed E-state index contributed by atoms with van der Waals surface area (Å²) in [6.07, 6.45) is 0. The Balaban J connectivity index is 1.57. The molecule has 0 radical (unpaired) electrons. The first-order valence-corrected chi connectivity index (χ1v) is 10.6. The first-order valence-electron chi connectivity index (χ1n) is 8.76. The molecule has 0 unspecified atom stereocenters. The summed E-state index contributed by atoms with van der Waals surface area (Å²) in [6.45, 7) is 4.08. The van der Waals surface area contributed by atoms with E-state index in [9.17, 15) is 14.4 Å². The Labute approximate surface area is 171 Å². The van der Waals surface area contributed by atoms with Gasteiger partial charge in [0.25, 0.3) is 5.24 Å². The molecule has 1 aliphatic heterocycles. The van der Waals surface area contributed by atoms with Gasteiger partial charge in [-0.25, -0.2) is 9.97 Å². The highest BCUT2D eigenvalue weighted by atomic mass is 32.2. The fraction of sp³-hybridized carbons (Fsp3) is 0.316. The fourth-order valence-electron chi connectivity index (χ4n) is 2.59. The van der Waals surface area contributed by atoms with Gasteiger partial charge in [0.15, 0.2) is 5.16 Å². The molecule has 2 heterocycles. The highest BCUT2D eigenvalue weighted by Crippen LogP contribution is 2.24. The first-order chi connectivity index (χ1) is 13.4. The maximum absolute atomic E-state index is 12.3. The largest absolute Gasteiger partial charge is 0.353 e. The van der Waals surface area contributed by atoms with Gasteiger partial charge in [0.05, 0.1) is 16.7 Å². The lowest BCUT2D eigenvalue weighted by Gasteiger charge is -2.15. The number of benzene rings is 1. The van der Waals surface area contributed by atoms with Gasteiger partial charge in [-0.2, -0.15) is 0 Å². The number of hydrogen-bond donors (Lipinski definition) is 1. The van der Waals surface area contributed by atoms with E-state index in [0.717, 1.165) is 28.7 Å². The van der Waals surface area contributed by atoms with Gasteiger partial charge in [0.1, 0.15) is 0 Å². The molecule has 0 saturated carbocycles. The van der Waals surface area contributed by atoms with Crippen molar-refractivity contribution in [2.75, 3.05) is 18.8 Å². The minimum absolute atomic E-state index is 0.174. The zero-order chi connectivity index (χ0) is 20.1. The molecule has 0 aliphatic carbocycles. The van der Waals surface area contributed by atoms with Crippen molar-refractivity contribution in [2.45, 2.75) is 24.3 Å². The van der Waals surface area contributed by atoms with Crippen molar-refractivity contribution in [2.24, 2.45) is 0 Å². The number of carbonyl (C=O) groups is 3. The molecular weight excluding hydrogens is 396 g/mol. The fourth-order valence-corrected chi connectivity index (χ4v) is 4.20. The molecule has 3 amide bonds. The van der Waals surface area contributed by atoms with Gasteiger partial charge in [-0.1, -0.05) is 53.9 Å². The molecule has 146 valence electrons. The summed E-state index contributed by atoms with van der Waals surface area (Å²) >= 11 is 2.26. The number of hydrogen-bond acceptors (Lipinski definition) is 7. The second-order valence-electron chi connectivity index (χ2n) is 6.19. The molecule has 0 bridgehead atoms. The monoisotopic (exact) mass is 416 g/mol. The number of imide groups is 1. The molecule has 1 N–H and O–H groups in total. The van der Waals surface area contributed by atoms with E-state index in [1.165, 1.54) is 16.7 Å². The van der Waals surface area contributed by atoms with Crippen molar-refractivity contribution in [1.29, 1.82) is 0 Å². The lowest BCUT2D eigenvalue weighted by molar-refractivity contribution is -0.125. The smallest absolute Gasteiger partial charge is 0.288 e. The summed E-state index contributed by atoms with van der Waals surface area (Å²) < 4.78 is 0. The summed E-state index contributed by atoms with van der Waals surface area (Å²) in [7, 11) is 0. The number of aromatic nitrogens is 2. The van der Waals surface area contributed by atoms with Crippen LogP contribution in [0.25, 0.3) is 11.3 Å². The number of aryl methyl sites for hydroxylation is 1. The van der Waals surface area contributed by atoms with Gasteiger partial charge in [-0.3, -0.25) is 19.3 Å². The first kappa shape index (κ1) is 20.3. The second kappa shape index (κ2) is 9.20. The van der Waals surface area contributed by atoms with Crippen LogP contribution < -0.4 is 5.32 Å². The van der Waals surface area contributed by atoms with Crippen LogP contribution in [0.3, 0.4) is 0 Å². The summed E-state index contributed by atoms with van der Waals surface area (Å²) in [6, 6.07) is 11.7. The zero-order valence-corrected chi connectivity index (χ0v) is 17.2. The molecule has 1 fully saturated rings. The Hall–Kier alpha value is -2.39. The Bertz CT molecular complexity index is 876. The number of rotatable bonds is 7. The quantitative estimate of drug-likeness (QED) is 0.548. The summed E-state index contributed by atoms with van der Waals surface area (Å²) in [4.78, 5) is 45.6. The van der Waals surface area contributed by atoms with E-state index in [0.29, 0.717) is 5.16 Å². The van der Waals surface area contributed by atoms with E-state index in [2.05, 4.69) is 15.3 Å². The van der Waals surface area contributed by atoms with E-state index in [-0.39, 0.29) is 35.9 Å². The highest BCUT2D eigenvalue weighted by Gasteiger charge is 2.29. The lowest BCUT2D eigenvalue weighted by atomic mass is 10.1.